The molecule has 22 heavy (non-hydrogen) atoms. The molecule has 0 atom stereocenters. The molecule has 7 nitrogen and oxygen atoms in total. The van der Waals surface area contributed by atoms with Crippen LogP contribution in [0.15, 0.2) is 23.8 Å². The molecule has 114 valence electrons. The van der Waals surface area contributed by atoms with E-state index in [9.17, 15) is 4.79 Å². The quantitative estimate of drug-likeness (QED) is 0.693. The van der Waals surface area contributed by atoms with Gasteiger partial charge in [0.25, 0.3) is 5.91 Å². The van der Waals surface area contributed by atoms with Crippen LogP contribution in [0.5, 0.6) is 0 Å². The van der Waals surface area contributed by atoms with Gasteiger partial charge in [0.05, 0.1) is 23.0 Å². The van der Waals surface area contributed by atoms with E-state index in [1.807, 2.05) is 12.4 Å². The molecule has 0 aromatic carbocycles. The fraction of sp³-hybridized carbons (Fsp3) is 0.286. The van der Waals surface area contributed by atoms with Crippen LogP contribution in [0.3, 0.4) is 0 Å². The van der Waals surface area contributed by atoms with Gasteiger partial charge in [0, 0.05) is 25.2 Å². The normalized spacial score (nSPS) is 11.0. The minimum absolute atomic E-state index is 0.131. The summed E-state index contributed by atoms with van der Waals surface area (Å²) in [6.07, 6.45) is 4.86. The maximum atomic E-state index is 12.1. The largest absolute Gasteiger partial charge is 0.375 e. The van der Waals surface area contributed by atoms with Crippen LogP contribution in [0.2, 0.25) is 0 Å². The summed E-state index contributed by atoms with van der Waals surface area (Å²) in [4.78, 5) is 20.5. The maximum absolute atomic E-state index is 12.1. The number of hydrogen-bond donors (Lipinski definition) is 2. The minimum Gasteiger partial charge on any atom is -0.375 e. The van der Waals surface area contributed by atoms with Crippen LogP contribution >= 0.6 is 11.3 Å². The summed E-state index contributed by atoms with van der Waals surface area (Å²) >= 11 is 1.43. The van der Waals surface area contributed by atoms with Gasteiger partial charge in [0.1, 0.15) is 5.52 Å². The summed E-state index contributed by atoms with van der Waals surface area (Å²) < 4.78 is 1.70. The number of fused-ring (bicyclic) bond motifs is 1. The standard InChI is InChI=1S/C14H16N6OS/c1-20-12-5-9(6-17-11(12)7-18-20)13(21)16-4-2-3-10-8-22-14(15)19-10/h5-8H,2-4H2,1H3,(H2,15,19)(H,16,21). The van der Waals surface area contributed by atoms with Gasteiger partial charge in [-0.25, -0.2) is 4.98 Å². The highest BCUT2D eigenvalue weighted by atomic mass is 32.1. The molecule has 0 bridgehead atoms. The number of nitrogen functional groups attached to an aromatic ring is 1. The molecule has 0 unspecified atom stereocenters. The third-order valence-electron chi connectivity index (χ3n) is 3.33. The van der Waals surface area contributed by atoms with Crippen molar-refractivity contribution >= 4 is 33.4 Å². The first kappa shape index (κ1) is 14.5. The van der Waals surface area contributed by atoms with Crippen LogP contribution in [-0.2, 0) is 13.5 Å². The van der Waals surface area contributed by atoms with Crippen molar-refractivity contribution in [3.63, 3.8) is 0 Å². The molecule has 0 aliphatic heterocycles. The molecule has 0 saturated heterocycles. The second-order valence-corrected chi connectivity index (χ2v) is 5.82. The number of anilines is 1. The molecule has 3 N–H and O–H groups in total. The van der Waals surface area contributed by atoms with Crippen molar-refractivity contribution in [2.24, 2.45) is 7.05 Å². The second-order valence-electron chi connectivity index (χ2n) is 4.93. The Balaban J connectivity index is 1.55. The zero-order valence-corrected chi connectivity index (χ0v) is 12.9. The monoisotopic (exact) mass is 316 g/mol. The van der Waals surface area contributed by atoms with Crippen molar-refractivity contribution in [2.45, 2.75) is 12.8 Å². The molecular weight excluding hydrogens is 300 g/mol. The van der Waals surface area contributed by atoms with Crippen LogP contribution in [0.25, 0.3) is 11.0 Å². The molecule has 8 heteroatoms. The van der Waals surface area contributed by atoms with Gasteiger partial charge in [-0.15, -0.1) is 11.3 Å². The number of hydrogen-bond acceptors (Lipinski definition) is 6. The molecule has 1 amide bonds. The first-order valence-electron chi connectivity index (χ1n) is 6.89. The number of nitrogens with two attached hydrogens (primary N) is 1. The first-order valence-corrected chi connectivity index (χ1v) is 7.77. The number of nitrogens with zero attached hydrogens (tertiary/aromatic N) is 4. The van der Waals surface area contributed by atoms with Gasteiger partial charge in [0.15, 0.2) is 5.13 Å². The molecule has 0 aliphatic carbocycles. The summed E-state index contributed by atoms with van der Waals surface area (Å²) in [6.45, 7) is 0.583. The Hall–Kier alpha value is -2.48. The van der Waals surface area contributed by atoms with E-state index in [2.05, 4.69) is 20.4 Å². The number of thiazole rings is 1. The fourth-order valence-electron chi connectivity index (χ4n) is 2.16. The van der Waals surface area contributed by atoms with Crippen molar-refractivity contribution in [1.29, 1.82) is 0 Å². The van der Waals surface area contributed by atoms with Crippen LogP contribution in [0.4, 0.5) is 5.13 Å². The van der Waals surface area contributed by atoms with Crippen LogP contribution in [-0.4, -0.2) is 32.2 Å². The lowest BCUT2D eigenvalue weighted by molar-refractivity contribution is 0.0953. The SMILES string of the molecule is Cn1ncc2ncc(C(=O)NCCCc3csc(N)n3)cc21. The summed E-state index contributed by atoms with van der Waals surface area (Å²) in [5.41, 5.74) is 8.70. The van der Waals surface area contributed by atoms with Gasteiger partial charge < -0.3 is 11.1 Å². The van der Waals surface area contributed by atoms with E-state index in [0.29, 0.717) is 17.2 Å². The third kappa shape index (κ3) is 3.06. The van der Waals surface area contributed by atoms with E-state index in [0.717, 1.165) is 29.6 Å². The number of aryl methyl sites for hydroxylation is 2. The fourth-order valence-corrected chi connectivity index (χ4v) is 2.76. The number of pyridine rings is 1. The molecular formula is C14H16N6OS. The van der Waals surface area contributed by atoms with Crippen LogP contribution < -0.4 is 11.1 Å². The molecule has 0 spiro atoms. The number of carbonyl (C=O) groups is 1. The lowest BCUT2D eigenvalue weighted by atomic mass is 10.2. The van der Waals surface area contributed by atoms with Crippen molar-refractivity contribution in [3.05, 3.63) is 35.1 Å². The Morgan fingerprint density at radius 1 is 1.45 bits per heavy atom. The van der Waals surface area contributed by atoms with Gasteiger partial charge in [-0.05, 0) is 18.9 Å². The Morgan fingerprint density at radius 2 is 2.32 bits per heavy atom. The number of nitrogens with one attached hydrogen (secondary N) is 1. The van der Waals surface area contributed by atoms with Crippen LogP contribution in [0.1, 0.15) is 22.5 Å². The highest BCUT2D eigenvalue weighted by Gasteiger charge is 2.09. The van der Waals surface area contributed by atoms with Crippen molar-refractivity contribution in [3.8, 4) is 0 Å². The van der Waals surface area contributed by atoms with Gasteiger partial charge in [-0.3, -0.25) is 14.5 Å². The van der Waals surface area contributed by atoms with Gasteiger partial charge in [-0.1, -0.05) is 0 Å². The summed E-state index contributed by atoms with van der Waals surface area (Å²) in [7, 11) is 1.82. The smallest absolute Gasteiger partial charge is 0.252 e. The average Bonchev–Trinajstić information content (AvgIpc) is 3.09. The Kier molecular flexibility index (Phi) is 4.01. The Labute approximate surface area is 131 Å². The van der Waals surface area contributed by atoms with E-state index in [1.165, 1.54) is 11.3 Å². The lowest BCUT2D eigenvalue weighted by Crippen LogP contribution is -2.25. The number of carbonyl (C=O) groups excluding carboxylic acids is 1. The lowest BCUT2D eigenvalue weighted by Gasteiger charge is -2.05. The predicted octanol–water partition coefficient (Wildman–Crippen LogP) is 1.37. The van der Waals surface area contributed by atoms with Crippen molar-refractivity contribution in [1.82, 2.24) is 25.1 Å². The Bertz CT molecular complexity index is 809. The van der Waals surface area contributed by atoms with Gasteiger partial charge in [-0.2, -0.15) is 5.10 Å². The first-order chi connectivity index (χ1) is 10.6. The highest BCUT2D eigenvalue weighted by molar-refractivity contribution is 7.13. The topological polar surface area (TPSA) is 98.7 Å². The van der Waals surface area contributed by atoms with E-state index in [1.54, 1.807) is 23.1 Å². The summed E-state index contributed by atoms with van der Waals surface area (Å²) in [6, 6.07) is 1.80. The van der Waals surface area contributed by atoms with E-state index >= 15 is 0 Å². The molecule has 3 aromatic rings. The molecule has 0 radical (unpaired) electrons. The molecule has 3 aromatic heterocycles. The molecule has 0 aliphatic rings. The number of aromatic nitrogens is 4. The maximum Gasteiger partial charge on any atom is 0.252 e. The highest BCUT2D eigenvalue weighted by Crippen LogP contribution is 2.13. The van der Waals surface area contributed by atoms with Crippen LogP contribution in [0, 0.1) is 0 Å². The Morgan fingerprint density at radius 3 is 3.09 bits per heavy atom. The average molecular weight is 316 g/mol. The van der Waals surface area contributed by atoms with E-state index < -0.39 is 0 Å². The zero-order valence-electron chi connectivity index (χ0n) is 12.1. The van der Waals surface area contributed by atoms with Gasteiger partial charge in [0.2, 0.25) is 0 Å². The molecule has 0 fully saturated rings. The predicted molar refractivity (Wildman–Crippen MR) is 85.7 cm³/mol. The van der Waals surface area contributed by atoms with Crippen molar-refractivity contribution in [2.75, 3.05) is 12.3 Å². The molecule has 3 heterocycles. The van der Waals surface area contributed by atoms with Crippen molar-refractivity contribution < 1.29 is 4.79 Å². The third-order valence-corrected chi connectivity index (χ3v) is 4.05. The summed E-state index contributed by atoms with van der Waals surface area (Å²) in [5, 5.41) is 9.52. The number of amides is 1. The van der Waals surface area contributed by atoms with E-state index in [-0.39, 0.29) is 5.91 Å². The minimum atomic E-state index is -0.131. The van der Waals surface area contributed by atoms with E-state index in [4.69, 9.17) is 5.73 Å². The second kappa shape index (κ2) is 6.10. The zero-order chi connectivity index (χ0) is 15.5. The van der Waals surface area contributed by atoms with Gasteiger partial charge >= 0.3 is 0 Å². The molecule has 3 rings (SSSR count). The number of rotatable bonds is 5. The summed E-state index contributed by atoms with van der Waals surface area (Å²) in [5.74, 6) is -0.131. The molecule has 0 saturated carbocycles.